The molecule has 0 fully saturated rings. The highest BCUT2D eigenvalue weighted by Crippen LogP contribution is 2.29. The smallest absolute Gasteiger partial charge is 0.271 e. The van der Waals surface area contributed by atoms with E-state index in [9.17, 15) is 30.3 Å². The zero-order valence-corrected chi connectivity index (χ0v) is 12.8. The zero-order chi connectivity index (χ0) is 18.6. The summed E-state index contributed by atoms with van der Waals surface area (Å²) in [4.78, 5) is 30.5. The molecule has 0 heterocycles. The van der Waals surface area contributed by atoms with Crippen LogP contribution in [-0.4, -0.2) is 20.5 Å². The van der Waals surface area contributed by atoms with E-state index in [0.717, 1.165) is 12.1 Å². The minimum absolute atomic E-state index is 0.0413. The first-order valence-corrected chi connectivity index (χ1v) is 6.77. The van der Waals surface area contributed by atoms with Gasteiger partial charge in [0.25, 0.3) is 11.4 Å². The van der Waals surface area contributed by atoms with Gasteiger partial charge in [-0.05, 0) is 13.0 Å². The summed E-state index contributed by atoms with van der Waals surface area (Å²) in [7, 11) is 0. The number of hydrogen-bond donors (Lipinski definition) is 1. The lowest BCUT2D eigenvalue weighted by atomic mass is 10.1. The van der Waals surface area contributed by atoms with Crippen molar-refractivity contribution in [3.63, 3.8) is 0 Å². The third-order valence-corrected chi connectivity index (χ3v) is 3.21. The molecule has 0 spiro atoms. The second kappa shape index (κ2) is 7.12. The van der Waals surface area contributed by atoms with Crippen LogP contribution in [0.1, 0.15) is 12.5 Å². The van der Waals surface area contributed by atoms with Gasteiger partial charge in [0.05, 0.1) is 26.5 Å². The third-order valence-electron chi connectivity index (χ3n) is 3.21. The van der Waals surface area contributed by atoms with Crippen molar-refractivity contribution in [3.05, 3.63) is 78.4 Å². The number of anilines is 1. The summed E-state index contributed by atoms with van der Waals surface area (Å²) in [6, 6.07) is 8.81. The molecular formula is C14H11N5O6. The highest BCUT2D eigenvalue weighted by Gasteiger charge is 2.19. The van der Waals surface area contributed by atoms with Gasteiger partial charge in [0.15, 0.2) is 0 Å². The van der Waals surface area contributed by atoms with Crippen molar-refractivity contribution in [2.24, 2.45) is 5.10 Å². The first-order chi connectivity index (χ1) is 11.8. The second-order valence-corrected chi connectivity index (χ2v) is 4.83. The fraction of sp³-hybridized carbons (Fsp3) is 0.0714. The van der Waals surface area contributed by atoms with Crippen LogP contribution in [0.25, 0.3) is 0 Å². The minimum Gasteiger partial charge on any atom is -0.271 e. The van der Waals surface area contributed by atoms with Gasteiger partial charge in [-0.2, -0.15) is 5.10 Å². The molecule has 11 heteroatoms. The third kappa shape index (κ3) is 4.10. The van der Waals surface area contributed by atoms with E-state index < -0.39 is 26.1 Å². The average Bonchev–Trinajstić information content (AvgIpc) is 2.59. The van der Waals surface area contributed by atoms with Crippen LogP contribution < -0.4 is 5.43 Å². The van der Waals surface area contributed by atoms with E-state index >= 15 is 0 Å². The number of hydrazone groups is 1. The van der Waals surface area contributed by atoms with Crippen LogP contribution in [0.5, 0.6) is 0 Å². The molecule has 11 nitrogen and oxygen atoms in total. The molecule has 25 heavy (non-hydrogen) atoms. The van der Waals surface area contributed by atoms with Gasteiger partial charge in [-0.25, -0.2) is 0 Å². The van der Waals surface area contributed by atoms with Crippen molar-refractivity contribution in [3.8, 4) is 0 Å². The maximum Gasteiger partial charge on any atom is 0.301 e. The Morgan fingerprint density at radius 3 is 2.16 bits per heavy atom. The van der Waals surface area contributed by atoms with Crippen molar-refractivity contribution in [1.29, 1.82) is 0 Å². The Labute approximate surface area is 140 Å². The molecule has 0 unspecified atom stereocenters. The van der Waals surface area contributed by atoms with Crippen LogP contribution in [0.2, 0.25) is 0 Å². The maximum atomic E-state index is 11.1. The van der Waals surface area contributed by atoms with Gasteiger partial charge in [-0.1, -0.05) is 12.1 Å². The van der Waals surface area contributed by atoms with E-state index in [1.165, 1.54) is 24.3 Å². The van der Waals surface area contributed by atoms with Gasteiger partial charge in [-0.3, -0.25) is 35.8 Å². The predicted octanol–water partition coefficient (Wildman–Crippen LogP) is 3.25. The van der Waals surface area contributed by atoms with Crippen molar-refractivity contribution in [2.75, 3.05) is 5.43 Å². The molecule has 0 bridgehead atoms. The standard InChI is InChI=1S/C14H11N5O6/c1-9(10-3-2-4-11(7-10)17(20)21)15-16-13-6-5-12(18(22)23)8-14(13)19(24)25/h2-8,16H,1H3/b15-9-. The lowest BCUT2D eigenvalue weighted by Crippen LogP contribution is -2.03. The first kappa shape index (κ1) is 17.5. The Morgan fingerprint density at radius 2 is 1.56 bits per heavy atom. The molecule has 128 valence electrons. The van der Waals surface area contributed by atoms with Crippen LogP contribution in [0.4, 0.5) is 22.7 Å². The van der Waals surface area contributed by atoms with Crippen molar-refractivity contribution >= 4 is 28.5 Å². The summed E-state index contributed by atoms with van der Waals surface area (Å²) in [5.41, 5.74) is 2.17. The Morgan fingerprint density at radius 1 is 0.920 bits per heavy atom. The molecule has 1 N–H and O–H groups in total. The molecule has 0 saturated heterocycles. The van der Waals surface area contributed by atoms with E-state index in [4.69, 9.17) is 0 Å². The van der Waals surface area contributed by atoms with Gasteiger partial charge in [0.2, 0.25) is 0 Å². The number of nitro benzene ring substituents is 3. The molecule has 0 aliphatic rings. The quantitative estimate of drug-likeness (QED) is 0.478. The van der Waals surface area contributed by atoms with Crippen LogP contribution in [0, 0.1) is 30.3 Å². The summed E-state index contributed by atoms with van der Waals surface area (Å²) in [5, 5.41) is 36.5. The molecule has 0 aromatic heterocycles. The molecular weight excluding hydrogens is 334 g/mol. The molecule has 2 aromatic carbocycles. The molecule has 2 aromatic rings. The van der Waals surface area contributed by atoms with Gasteiger partial charge in [0.1, 0.15) is 5.69 Å². The van der Waals surface area contributed by atoms with E-state index in [2.05, 4.69) is 10.5 Å². The second-order valence-electron chi connectivity index (χ2n) is 4.83. The number of hydrogen-bond acceptors (Lipinski definition) is 8. The Kier molecular flexibility index (Phi) is 4.98. The lowest BCUT2D eigenvalue weighted by Gasteiger charge is -2.05. The largest absolute Gasteiger partial charge is 0.301 e. The normalized spacial score (nSPS) is 11.0. The SMILES string of the molecule is C/C(=N/Nc1ccc([N+](=O)[O-])cc1[N+](=O)[O-])c1cccc([N+](=O)[O-])c1. The topological polar surface area (TPSA) is 154 Å². The van der Waals surface area contributed by atoms with Crippen molar-refractivity contribution < 1.29 is 14.8 Å². The highest BCUT2D eigenvalue weighted by molar-refractivity contribution is 5.99. The number of non-ortho nitro benzene ring substituents is 2. The Balaban J connectivity index is 2.32. The minimum atomic E-state index is -0.770. The zero-order valence-electron chi connectivity index (χ0n) is 12.8. The lowest BCUT2D eigenvalue weighted by molar-refractivity contribution is -0.393. The maximum absolute atomic E-state index is 11.1. The number of rotatable bonds is 6. The summed E-state index contributed by atoms with van der Waals surface area (Å²) in [6.45, 7) is 1.56. The van der Waals surface area contributed by atoms with Crippen LogP contribution in [0.3, 0.4) is 0 Å². The molecule has 0 amide bonds. The van der Waals surface area contributed by atoms with Crippen LogP contribution >= 0.6 is 0 Å². The predicted molar refractivity (Wildman–Crippen MR) is 88.7 cm³/mol. The monoisotopic (exact) mass is 345 g/mol. The summed E-state index contributed by atoms with van der Waals surface area (Å²) < 4.78 is 0. The summed E-state index contributed by atoms with van der Waals surface area (Å²) >= 11 is 0. The van der Waals surface area contributed by atoms with Gasteiger partial charge in [0, 0.05) is 23.8 Å². The number of nitrogens with one attached hydrogen (secondary N) is 1. The Bertz CT molecular complexity index is 895. The summed E-state index contributed by atoms with van der Waals surface area (Å²) in [6.07, 6.45) is 0. The van der Waals surface area contributed by atoms with Gasteiger partial charge < -0.3 is 0 Å². The van der Waals surface area contributed by atoms with Crippen LogP contribution in [0.15, 0.2) is 47.6 Å². The van der Waals surface area contributed by atoms with E-state index in [0.29, 0.717) is 11.3 Å². The van der Waals surface area contributed by atoms with Gasteiger partial charge >= 0.3 is 5.69 Å². The summed E-state index contributed by atoms with van der Waals surface area (Å²) in [5.74, 6) is 0. The van der Waals surface area contributed by atoms with E-state index in [-0.39, 0.29) is 11.4 Å². The first-order valence-electron chi connectivity index (χ1n) is 6.77. The molecule has 0 aliphatic heterocycles. The molecule has 0 atom stereocenters. The molecule has 0 radical (unpaired) electrons. The average molecular weight is 345 g/mol. The van der Waals surface area contributed by atoms with Gasteiger partial charge in [-0.15, -0.1) is 0 Å². The fourth-order valence-electron chi connectivity index (χ4n) is 1.93. The Hall–Kier alpha value is -3.89. The van der Waals surface area contributed by atoms with Crippen LogP contribution in [-0.2, 0) is 0 Å². The van der Waals surface area contributed by atoms with E-state index in [1.807, 2.05) is 0 Å². The van der Waals surface area contributed by atoms with E-state index in [1.54, 1.807) is 13.0 Å². The number of nitro groups is 3. The van der Waals surface area contributed by atoms with Crippen molar-refractivity contribution in [1.82, 2.24) is 0 Å². The van der Waals surface area contributed by atoms with Crippen molar-refractivity contribution in [2.45, 2.75) is 6.92 Å². The fourth-order valence-corrected chi connectivity index (χ4v) is 1.93. The molecule has 0 aliphatic carbocycles. The molecule has 0 saturated carbocycles. The molecule has 2 rings (SSSR count). The number of benzene rings is 2. The number of nitrogens with zero attached hydrogens (tertiary/aromatic N) is 4. The highest BCUT2D eigenvalue weighted by atomic mass is 16.6.